The van der Waals surface area contributed by atoms with Gasteiger partial charge in [-0.25, -0.2) is 8.78 Å². The highest BCUT2D eigenvalue weighted by Gasteiger charge is 2.25. The van der Waals surface area contributed by atoms with Crippen molar-refractivity contribution in [3.05, 3.63) is 28.2 Å². The lowest BCUT2D eigenvalue weighted by atomic mass is 10.1. The second-order valence-corrected chi connectivity index (χ2v) is 5.38. The molecule has 1 heterocycles. The SMILES string of the molecule is CC1CN(c2cc(F)c(Br)cc2F)C(C)CN1. The van der Waals surface area contributed by atoms with Crippen LogP contribution in [0.2, 0.25) is 0 Å². The lowest BCUT2D eigenvalue weighted by molar-refractivity contribution is 0.419. The summed E-state index contributed by atoms with van der Waals surface area (Å²) in [6.45, 7) is 5.49. The molecule has 0 spiro atoms. The Labute approximate surface area is 108 Å². The highest BCUT2D eigenvalue weighted by atomic mass is 79.9. The fraction of sp³-hybridized carbons (Fsp3) is 0.500. The van der Waals surface area contributed by atoms with Gasteiger partial charge in [0.05, 0.1) is 10.2 Å². The van der Waals surface area contributed by atoms with Gasteiger partial charge in [0, 0.05) is 31.2 Å². The molecule has 0 saturated carbocycles. The van der Waals surface area contributed by atoms with Crippen LogP contribution in [0.15, 0.2) is 16.6 Å². The molecule has 1 saturated heterocycles. The summed E-state index contributed by atoms with van der Waals surface area (Å²) in [7, 11) is 0. The van der Waals surface area contributed by atoms with Gasteiger partial charge in [0.15, 0.2) is 0 Å². The normalized spacial score (nSPS) is 25.1. The maximum atomic E-state index is 13.9. The van der Waals surface area contributed by atoms with Crippen molar-refractivity contribution in [2.24, 2.45) is 0 Å². The molecule has 0 aromatic heterocycles. The molecule has 17 heavy (non-hydrogen) atoms. The number of benzene rings is 1. The molecule has 0 bridgehead atoms. The van der Waals surface area contributed by atoms with E-state index in [2.05, 4.69) is 21.2 Å². The van der Waals surface area contributed by atoms with Crippen LogP contribution in [0.4, 0.5) is 14.5 Å². The van der Waals surface area contributed by atoms with E-state index >= 15 is 0 Å². The molecule has 1 aromatic rings. The average Bonchev–Trinajstić information content (AvgIpc) is 2.27. The number of piperazine rings is 1. The van der Waals surface area contributed by atoms with Crippen molar-refractivity contribution in [3.63, 3.8) is 0 Å². The van der Waals surface area contributed by atoms with Gasteiger partial charge in [-0.05, 0) is 35.8 Å². The molecule has 0 radical (unpaired) electrons. The summed E-state index contributed by atoms with van der Waals surface area (Å²) in [4.78, 5) is 1.91. The van der Waals surface area contributed by atoms with Crippen molar-refractivity contribution in [2.75, 3.05) is 18.0 Å². The van der Waals surface area contributed by atoms with E-state index in [0.717, 1.165) is 6.54 Å². The molecule has 2 rings (SSSR count). The van der Waals surface area contributed by atoms with Gasteiger partial charge in [-0.15, -0.1) is 0 Å². The van der Waals surface area contributed by atoms with Gasteiger partial charge in [0.1, 0.15) is 11.6 Å². The first-order chi connectivity index (χ1) is 7.99. The minimum absolute atomic E-state index is 0.154. The largest absolute Gasteiger partial charge is 0.364 e. The van der Waals surface area contributed by atoms with E-state index in [-0.39, 0.29) is 22.4 Å². The molecule has 2 nitrogen and oxygen atoms in total. The number of rotatable bonds is 1. The molecular formula is C12H15BrF2N2. The summed E-state index contributed by atoms with van der Waals surface area (Å²) in [6, 6.07) is 2.87. The molecule has 94 valence electrons. The first-order valence-corrected chi connectivity index (χ1v) is 6.43. The summed E-state index contributed by atoms with van der Waals surface area (Å²) in [6.07, 6.45) is 0. The van der Waals surface area contributed by atoms with Gasteiger partial charge < -0.3 is 10.2 Å². The molecule has 1 N–H and O–H groups in total. The van der Waals surface area contributed by atoms with E-state index < -0.39 is 5.82 Å². The minimum Gasteiger partial charge on any atom is -0.364 e. The van der Waals surface area contributed by atoms with Gasteiger partial charge in [0.2, 0.25) is 0 Å². The first kappa shape index (κ1) is 12.8. The number of anilines is 1. The Kier molecular flexibility index (Phi) is 3.68. The predicted molar refractivity (Wildman–Crippen MR) is 68.3 cm³/mol. The Morgan fingerprint density at radius 2 is 2.00 bits per heavy atom. The summed E-state index contributed by atoms with van der Waals surface area (Å²) in [5, 5.41) is 3.31. The molecular weight excluding hydrogens is 290 g/mol. The van der Waals surface area contributed by atoms with Gasteiger partial charge in [-0.3, -0.25) is 0 Å². The lowest BCUT2D eigenvalue weighted by Gasteiger charge is -2.39. The van der Waals surface area contributed by atoms with E-state index in [1.54, 1.807) is 0 Å². The molecule has 1 aliphatic rings. The van der Waals surface area contributed by atoms with Gasteiger partial charge in [0.25, 0.3) is 0 Å². The van der Waals surface area contributed by atoms with Crippen LogP contribution in [-0.4, -0.2) is 25.2 Å². The van der Waals surface area contributed by atoms with Gasteiger partial charge >= 0.3 is 0 Å². The van der Waals surface area contributed by atoms with Crippen LogP contribution in [0.3, 0.4) is 0 Å². The Balaban J connectivity index is 2.35. The van der Waals surface area contributed by atoms with Crippen molar-refractivity contribution in [2.45, 2.75) is 25.9 Å². The molecule has 2 unspecified atom stereocenters. The third-order valence-electron chi connectivity index (χ3n) is 3.06. The van der Waals surface area contributed by atoms with Crippen molar-refractivity contribution in [1.29, 1.82) is 0 Å². The summed E-state index contributed by atoms with van der Waals surface area (Å²) in [5.41, 5.74) is 0.339. The zero-order valence-electron chi connectivity index (χ0n) is 9.80. The molecule has 1 fully saturated rings. The number of nitrogens with zero attached hydrogens (tertiary/aromatic N) is 1. The second-order valence-electron chi connectivity index (χ2n) is 4.53. The Bertz CT molecular complexity index is 425. The topological polar surface area (TPSA) is 15.3 Å². The summed E-state index contributed by atoms with van der Waals surface area (Å²) < 4.78 is 27.5. The van der Waals surface area contributed by atoms with Gasteiger partial charge in [-0.1, -0.05) is 0 Å². The predicted octanol–water partition coefficient (Wildman–Crippen LogP) is 2.91. The van der Waals surface area contributed by atoms with Crippen molar-refractivity contribution < 1.29 is 8.78 Å². The quantitative estimate of drug-likeness (QED) is 0.803. The van der Waals surface area contributed by atoms with E-state index in [9.17, 15) is 8.78 Å². The highest BCUT2D eigenvalue weighted by molar-refractivity contribution is 9.10. The van der Waals surface area contributed by atoms with Gasteiger partial charge in [-0.2, -0.15) is 0 Å². The van der Waals surface area contributed by atoms with Crippen LogP contribution in [0.5, 0.6) is 0 Å². The van der Waals surface area contributed by atoms with Crippen LogP contribution < -0.4 is 10.2 Å². The number of hydrogen-bond donors (Lipinski definition) is 1. The number of hydrogen-bond acceptors (Lipinski definition) is 2. The highest BCUT2D eigenvalue weighted by Crippen LogP contribution is 2.28. The molecule has 1 aromatic carbocycles. The summed E-state index contributed by atoms with van der Waals surface area (Å²) in [5.74, 6) is -0.820. The summed E-state index contributed by atoms with van der Waals surface area (Å²) >= 11 is 2.99. The maximum Gasteiger partial charge on any atom is 0.147 e. The van der Waals surface area contributed by atoms with E-state index in [1.165, 1.54) is 12.1 Å². The standard InChI is InChI=1S/C12H15BrF2N2/c1-7-6-17(8(2)5-16-7)12-4-10(14)9(13)3-11(12)15/h3-4,7-8,16H,5-6H2,1-2H3. The van der Waals surface area contributed by atoms with Crippen LogP contribution in [0, 0.1) is 11.6 Å². The molecule has 1 aliphatic heterocycles. The van der Waals surface area contributed by atoms with Crippen LogP contribution in [0.25, 0.3) is 0 Å². The minimum atomic E-state index is -0.431. The monoisotopic (exact) mass is 304 g/mol. The van der Waals surface area contributed by atoms with E-state index in [1.807, 2.05) is 18.7 Å². The fourth-order valence-corrected chi connectivity index (χ4v) is 2.40. The Morgan fingerprint density at radius 3 is 2.71 bits per heavy atom. The molecule has 5 heteroatoms. The molecule has 0 amide bonds. The zero-order chi connectivity index (χ0) is 12.6. The lowest BCUT2D eigenvalue weighted by Crippen LogP contribution is -2.54. The molecule has 2 atom stereocenters. The van der Waals surface area contributed by atoms with Crippen molar-refractivity contribution >= 4 is 21.6 Å². The average molecular weight is 305 g/mol. The van der Waals surface area contributed by atoms with Crippen LogP contribution >= 0.6 is 15.9 Å². The van der Waals surface area contributed by atoms with E-state index in [0.29, 0.717) is 12.2 Å². The Hall–Kier alpha value is -0.680. The smallest absolute Gasteiger partial charge is 0.147 e. The van der Waals surface area contributed by atoms with Crippen molar-refractivity contribution in [1.82, 2.24) is 5.32 Å². The Morgan fingerprint density at radius 1 is 1.29 bits per heavy atom. The number of halogens is 3. The van der Waals surface area contributed by atoms with Crippen LogP contribution in [0.1, 0.15) is 13.8 Å². The molecule has 0 aliphatic carbocycles. The van der Waals surface area contributed by atoms with Crippen molar-refractivity contribution in [3.8, 4) is 0 Å². The first-order valence-electron chi connectivity index (χ1n) is 5.63. The third kappa shape index (κ3) is 2.60. The second kappa shape index (κ2) is 4.90. The van der Waals surface area contributed by atoms with E-state index in [4.69, 9.17) is 0 Å². The third-order valence-corrected chi connectivity index (χ3v) is 3.67. The fourth-order valence-electron chi connectivity index (χ4n) is 2.09. The number of nitrogens with one attached hydrogen (secondary N) is 1. The van der Waals surface area contributed by atoms with Crippen LogP contribution in [-0.2, 0) is 0 Å². The maximum absolute atomic E-state index is 13.9. The zero-order valence-corrected chi connectivity index (χ0v) is 11.4.